The average molecular weight is 228 g/mol. The highest BCUT2D eigenvalue weighted by atomic mass is 35.5. The molecule has 0 saturated carbocycles. The molecule has 0 aromatic carbocycles. The third-order valence-electron chi connectivity index (χ3n) is 2.40. The van der Waals surface area contributed by atoms with Gasteiger partial charge in [0, 0.05) is 19.3 Å². The van der Waals surface area contributed by atoms with E-state index in [0.717, 1.165) is 24.7 Å². The van der Waals surface area contributed by atoms with Crippen molar-refractivity contribution in [1.29, 1.82) is 0 Å². The zero-order valence-electron chi connectivity index (χ0n) is 8.69. The van der Waals surface area contributed by atoms with Gasteiger partial charge in [0.2, 0.25) is 0 Å². The van der Waals surface area contributed by atoms with Crippen LogP contribution in [0.2, 0.25) is 0 Å². The van der Waals surface area contributed by atoms with E-state index in [4.69, 9.17) is 16.3 Å². The van der Waals surface area contributed by atoms with Crippen LogP contribution in [-0.4, -0.2) is 41.6 Å². The molecule has 2 heterocycles. The van der Waals surface area contributed by atoms with Crippen LogP contribution in [-0.2, 0) is 4.74 Å². The van der Waals surface area contributed by atoms with Crippen LogP contribution in [0.4, 0.5) is 5.82 Å². The second-order valence-electron chi connectivity index (χ2n) is 3.56. The molecule has 0 amide bonds. The summed E-state index contributed by atoms with van der Waals surface area (Å²) in [5.41, 5.74) is 0. The van der Waals surface area contributed by atoms with Gasteiger partial charge in [-0.2, -0.15) is 0 Å². The second kappa shape index (κ2) is 4.77. The summed E-state index contributed by atoms with van der Waals surface area (Å²) in [7, 11) is 0. The van der Waals surface area contributed by atoms with E-state index in [-0.39, 0.29) is 6.10 Å². The van der Waals surface area contributed by atoms with Gasteiger partial charge in [-0.3, -0.25) is 0 Å². The van der Waals surface area contributed by atoms with Gasteiger partial charge < -0.3 is 9.64 Å². The molecule has 0 bridgehead atoms. The topological polar surface area (TPSA) is 38.2 Å². The Hall–Kier alpha value is -0.870. The molecule has 1 aliphatic heterocycles. The number of hydrogen-bond acceptors (Lipinski definition) is 4. The first-order chi connectivity index (χ1) is 7.29. The summed E-state index contributed by atoms with van der Waals surface area (Å²) in [6.07, 6.45) is 1.89. The number of ether oxygens (including phenoxy) is 1. The first-order valence-corrected chi connectivity index (χ1v) is 5.55. The molecule has 0 radical (unpaired) electrons. The predicted octanol–water partition coefficient (Wildman–Crippen LogP) is 1.23. The van der Waals surface area contributed by atoms with Crippen molar-refractivity contribution < 1.29 is 4.74 Å². The highest BCUT2D eigenvalue weighted by Gasteiger charge is 2.20. The van der Waals surface area contributed by atoms with Crippen LogP contribution < -0.4 is 4.90 Å². The molecule has 0 spiro atoms. The van der Waals surface area contributed by atoms with Crippen LogP contribution in [0.3, 0.4) is 0 Å². The minimum absolute atomic E-state index is 0.107. The molecule has 15 heavy (non-hydrogen) atoms. The minimum Gasteiger partial charge on any atom is -0.373 e. The Morgan fingerprint density at radius 2 is 2.53 bits per heavy atom. The number of halogens is 1. The highest BCUT2D eigenvalue weighted by Crippen LogP contribution is 2.15. The van der Waals surface area contributed by atoms with E-state index in [2.05, 4.69) is 14.9 Å². The normalized spacial score (nSPS) is 21.7. The molecule has 1 fully saturated rings. The summed E-state index contributed by atoms with van der Waals surface area (Å²) in [6.45, 7) is 4.27. The molecule has 1 aliphatic rings. The summed E-state index contributed by atoms with van der Waals surface area (Å²) < 4.78 is 5.49. The Labute approximate surface area is 94.2 Å². The highest BCUT2D eigenvalue weighted by molar-refractivity contribution is 6.18. The predicted molar refractivity (Wildman–Crippen MR) is 59.4 cm³/mol. The van der Waals surface area contributed by atoms with E-state index < -0.39 is 0 Å². The van der Waals surface area contributed by atoms with E-state index in [1.54, 1.807) is 6.20 Å². The van der Waals surface area contributed by atoms with Gasteiger partial charge in [0.25, 0.3) is 0 Å². The van der Waals surface area contributed by atoms with E-state index in [9.17, 15) is 0 Å². The average Bonchev–Trinajstić information content (AvgIpc) is 2.29. The first kappa shape index (κ1) is 10.6. The summed E-state index contributed by atoms with van der Waals surface area (Å²) in [5.74, 6) is 2.28. The van der Waals surface area contributed by atoms with Gasteiger partial charge in [-0.1, -0.05) is 0 Å². The fourth-order valence-electron chi connectivity index (χ4n) is 1.64. The molecule has 2 rings (SSSR count). The number of alkyl halides is 1. The van der Waals surface area contributed by atoms with Crippen molar-refractivity contribution in [3.05, 3.63) is 18.1 Å². The molecule has 0 N–H and O–H groups in total. The van der Waals surface area contributed by atoms with Crippen LogP contribution in [0.25, 0.3) is 0 Å². The molecular formula is C10H14ClN3O. The Kier molecular flexibility index (Phi) is 3.38. The fraction of sp³-hybridized carbons (Fsp3) is 0.600. The maximum atomic E-state index is 5.78. The lowest BCUT2D eigenvalue weighted by Crippen LogP contribution is -2.43. The maximum absolute atomic E-state index is 5.78. The number of hydrogen-bond donors (Lipinski definition) is 0. The van der Waals surface area contributed by atoms with Crippen LogP contribution >= 0.6 is 11.6 Å². The lowest BCUT2D eigenvalue weighted by Gasteiger charge is -2.32. The number of morpholine rings is 1. The number of aromatic nitrogens is 2. The van der Waals surface area contributed by atoms with Crippen LogP contribution in [0, 0.1) is 6.92 Å². The maximum Gasteiger partial charge on any atom is 0.132 e. The molecule has 5 heteroatoms. The van der Waals surface area contributed by atoms with Crippen molar-refractivity contribution in [3.63, 3.8) is 0 Å². The lowest BCUT2D eigenvalue weighted by molar-refractivity contribution is 0.0551. The van der Waals surface area contributed by atoms with Gasteiger partial charge in [-0.05, 0) is 13.0 Å². The third-order valence-corrected chi connectivity index (χ3v) is 2.74. The van der Waals surface area contributed by atoms with Crippen LogP contribution in [0.15, 0.2) is 12.3 Å². The van der Waals surface area contributed by atoms with Crippen molar-refractivity contribution in [3.8, 4) is 0 Å². The van der Waals surface area contributed by atoms with Gasteiger partial charge in [-0.15, -0.1) is 11.6 Å². The van der Waals surface area contributed by atoms with Gasteiger partial charge >= 0.3 is 0 Å². The molecule has 4 nitrogen and oxygen atoms in total. The largest absolute Gasteiger partial charge is 0.373 e. The Morgan fingerprint density at radius 3 is 3.27 bits per heavy atom. The van der Waals surface area contributed by atoms with Gasteiger partial charge in [0.15, 0.2) is 0 Å². The van der Waals surface area contributed by atoms with Crippen molar-refractivity contribution in [2.45, 2.75) is 13.0 Å². The van der Waals surface area contributed by atoms with Crippen molar-refractivity contribution in [2.75, 3.05) is 30.5 Å². The number of anilines is 1. The summed E-state index contributed by atoms with van der Waals surface area (Å²) in [6, 6.07) is 1.92. The van der Waals surface area contributed by atoms with E-state index in [1.807, 2.05) is 13.0 Å². The third kappa shape index (κ3) is 2.58. The number of nitrogens with zero attached hydrogens (tertiary/aromatic N) is 3. The number of rotatable bonds is 2. The molecule has 0 aliphatic carbocycles. The van der Waals surface area contributed by atoms with Gasteiger partial charge in [0.1, 0.15) is 11.6 Å². The summed E-state index contributed by atoms with van der Waals surface area (Å²) in [4.78, 5) is 10.6. The van der Waals surface area contributed by atoms with Crippen molar-refractivity contribution in [2.24, 2.45) is 0 Å². The Morgan fingerprint density at radius 1 is 1.67 bits per heavy atom. The zero-order chi connectivity index (χ0) is 10.7. The van der Waals surface area contributed by atoms with Crippen LogP contribution in [0.5, 0.6) is 0 Å². The molecule has 1 aromatic rings. The fourth-order valence-corrected chi connectivity index (χ4v) is 1.83. The molecular weight excluding hydrogens is 214 g/mol. The monoisotopic (exact) mass is 227 g/mol. The molecule has 1 atom stereocenters. The smallest absolute Gasteiger partial charge is 0.132 e. The van der Waals surface area contributed by atoms with Crippen molar-refractivity contribution in [1.82, 2.24) is 9.97 Å². The standard InChI is InChI=1S/C10H14ClN3O/c1-8-12-3-2-10(13-8)14-4-5-15-9(6-11)7-14/h2-3,9H,4-7H2,1H3. The minimum atomic E-state index is 0.107. The Balaban J connectivity index is 2.09. The SMILES string of the molecule is Cc1nccc(N2CCOC(CCl)C2)n1. The quantitative estimate of drug-likeness (QED) is 0.713. The van der Waals surface area contributed by atoms with Crippen LogP contribution in [0.1, 0.15) is 5.82 Å². The molecule has 82 valence electrons. The zero-order valence-corrected chi connectivity index (χ0v) is 9.44. The lowest BCUT2D eigenvalue weighted by atomic mass is 10.3. The Bertz CT molecular complexity index is 334. The van der Waals surface area contributed by atoms with Gasteiger partial charge in [-0.25, -0.2) is 9.97 Å². The van der Waals surface area contributed by atoms with E-state index >= 15 is 0 Å². The molecule has 1 saturated heterocycles. The molecule has 1 aromatic heterocycles. The van der Waals surface area contributed by atoms with E-state index in [1.165, 1.54) is 0 Å². The van der Waals surface area contributed by atoms with Crippen molar-refractivity contribution >= 4 is 17.4 Å². The van der Waals surface area contributed by atoms with E-state index in [0.29, 0.717) is 12.5 Å². The summed E-state index contributed by atoms with van der Waals surface area (Å²) >= 11 is 5.78. The van der Waals surface area contributed by atoms with Gasteiger partial charge in [0.05, 0.1) is 18.6 Å². The molecule has 1 unspecified atom stereocenters. The number of aryl methyl sites for hydroxylation is 1. The first-order valence-electron chi connectivity index (χ1n) is 5.02. The second-order valence-corrected chi connectivity index (χ2v) is 3.86. The summed E-state index contributed by atoms with van der Waals surface area (Å²) in [5, 5.41) is 0.